The third kappa shape index (κ3) is 5.45. The predicted molar refractivity (Wildman–Crippen MR) is 76.9 cm³/mol. The maximum Gasteiger partial charge on any atom is 0.125 e. The lowest BCUT2D eigenvalue weighted by molar-refractivity contribution is 0.0278. The van der Waals surface area contributed by atoms with Gasteiger partial charge >= 0.3 is 0 Å². The van der Waals surface area contributed by atoms with Crippen molar-refractivity contribution in [3.05, 3.63) is 23.5 Å². The van der Waals surface area contributed by atoms with Gasteiger partial charge in [0.2, 0.25) is 0 Å². The van der Waals surface area contributed by atoms with Crippen LogP contribution in [0.4, 0.5) is 0 Å². The number of hydrogen-bond donors (Lipinski definition) is 1. The van der Waals surface area contributed by atoms with Crippen molar-refractivity contribution in [2.75, 3.05) is 33.0 Å². The van der Waals surface area contributed by atoms with Crippen LogP contribution in [0.5, 0.6) is 5.75 Å². The Bertz CT molecular complexity index is 376. The van der Waals surface area contributed by atoms with E-state index in [2.05, 4.69) is 4.98 Å². The summed E-state index contributed by atoms with van der Waals surface area (Å²) in [6.07, 6.45) is 1.65. The molecule has 1 N–H and O–H groups in total. The molecule has 0 unspecified atom stereocenters. The number of aromatic nitrogens is 1. The summed E-state index contributed by atoms with van der Waals surface area (Å²) in [5, 5.41) is 9.19. The molecule has 0 aliphatic rings. The van der Waals surface area contributed by atoms with Gasteiger partial charge in [-0.1, -0.05) is 0 Å². The number of ether oxygens (including phenoxy) is 3. The molecule has 0 radical (unpaired) electrons. The van der Waals surface area contributed by atoms with Crippen LogP contribution in [0.25, 0.3) is 0 Å². The minimum Gasteiger partial charge on any atom is -0.493 e. The molecule has 0 atom stereocenters. The van der Waals surface area contributed by atoms with Crippen molar-refractivity contribution in [1.29, 1.82) is 0 Å². The normalized spacial score (nSPS) is 11.1. The number of aliphatic hydroxyl groups excluding tert-OH is 1. The summed E-state index contributed by atoms with van der Waals surface area (Å²) in [4.78, 5) is 4.10. The number of hydrogen-bond acceptors (Lipinski definition) is 5. The summed E-state index contributed by atoms with van der Waals surface area (Å²) in [5.41, 5.74) is 1.52. The summed E-state index contributed by atoms with van der Waals surface area (Å²) in [6, 6.07) is 1.81. The SMILES string of the molecule is CCOCC(COCC)COc1ccnc(CO)c1C. The van der Waals surface area contributed by atoms with Gasteiger partial charge in [-0.05, 0) is 26.8 Å². The molecule has 1 aromatic rings. The van der Waals surface area contributed by atoms with Gasteiger partial charge in [-0.2, -0.15) is 0 Å². The molecular formula is C15H25NO4. The van der Waals surface area contributed by atoms with Crippen molar-refractivity contribution >= 4 is 0 Å². The Balaban J connectivity index is 2.57. The first-order valence-corrected chi connectivity index (χ1v) is 7.06. The van der Waals surface area contributed by atoms with E-state index >= 15 is 0 Å². The number of rotatable bonds is 10. The largest absolute Gasteiger partial charge is 0.493 e. The highest BCUT2D eigenvalue weighted by Crippen LogP contribution is 2.20. The highest BCUT2D eigenvalue weighted by atomic mass is 16.5. The van der Waals surface area contributed by atoms with E-state index in [4.69, 9.17) is 14.2 Å². The zero-order valence-corrected chi connectivity index (χ0v) is 12.6. The highest BCUT2D eigenvalue weighted by Gasteiger charge is 2.12. The van der Waals surface area contributed by atoms with Gasteiger partial charge in [0.05, 0.1) is 32.1 Å². The minimum absolute atomic E-state index is 0.0790. The number of nitrogens with zero attached hydrogens (tertiary/aromatic N) is 1. The summed E-state index contributed by atoms with van der Waals surface area (Å²) in [7, 11) is 0. The summed E-state index contributed by atoms with van der Waals surface area (Å²) in [5.74, 6) is 0.946. The third-order valence-corrected chi connectivity index (χ3v) is 3.00. The second kappa shape index (κ2) is 9.69. The van der Waals surface area contributed by atoms with E-state index < -0.39 is 0 Å². The van der Waals surface area contributed by atoms with Crippen LogP contribution < -0.4 is 4.74 Å². The van der Waals surface area contributed by atoms with E-state index in [1.807, 2.05) is 26.8 Å². The molecule has 0 aliphatic carbocycles. The van der Waals surface area contributed by atoms with Crippen molar-refractivity contribution in [2.24, 2.45) is 5.92 Å². The highest BCUT2D eigenvalue weighted by molar-refractivity contribution is 5.34. The Labute approximate surface area is 120 Å². The molecule has 0 bridgehead atoms. The first-order valence-electron chi connectivity index (χ1n) is 7.06. The zero-order valence-electron chi connectivity index (χ0n) is 12.6. The molecule has 1 heterocycles. The minimum atomic E-state index is -0.0790. The van der Waals surface area contributed by atoms with Crippen LogP contribution in [0.15, 0.2) is 12.3 Å². The quantitative estimate of drug-likeness (QED) is 0.711. The predicted octanol–water partition coefficient (Wildman–Crippen LogP) is 1.95. The van der Waals surface area contributed by atoms with E-state index in [1.54, 1.807) is 6.20 Å². The summed E-state index contributed by atoms with van der Waals surface area (Å²) < 4.78 is 16.7. The van der Waals surface area contributed by atoms with Crippen LogP contribution >= 0.6 is 0 Å². The van der Waals surface area contributed by atoms with Gasteiger partial charge < -0.3 is 19.3 Å². The number of aliphatic hydroxyl groups is 1. The molecule has 5 nitrogen and oxygen atoms in total. The Hall–Kier alpha value is -1.17. The smallest absolute Gasteiger partial charge is 0.125 e. The van der Waals surface area contributed by atoms with E-state index in [0.29, 0.717) is 38.7 Å². The fourth-order valence-electron chi connectivity index (χ4n) is 1.80. The molecule has 0 fully saturated rings. The van der Waals surface area contributed by atoms with Gasteiger partial charge in [-0.3, -0.25) is 4.98 Å². The second-order valence-electron chi connectivity index (χ2n) is 4.53. The molecule has 1 rings (SSSR count). The van der Waals surface area contributed by atoms with Crippen LogP contribution in [-0.4, -0.2) is 43.1 Å². The van der Waals surface area contributed by atoms with Crippen molar-refractivity contribution in [3.63, 3.8) is 0 Å². The lowest BCUT2D eigenvalue weighted by atomic mass is 10.2. The second-order valence-corrected chi connectivity index (χ2v) is 4.53. The lowest BCUT2D eigenvalue weighted by Gasteiger charge is -2.18. The lowest BCUT2D eigenvalue weighted by Crippen LogP contribution is -2.23. The van der Waals surface area contributed by atoms with E-state index in [0.717, 1.165) is 11.3 Å². The molecular weight excluding hydrogens is 258 g/mol. The molecule has 0 aromatic carbocycles. The molecule has 0 saturated carbocycles. The Morgan fingerprint density at radius 2 is 1.80 bits per heavy atom. The monoisotopic (exact) mass is 283 g/mol. The van der Waals surface area contributed by atoms with E-state index in [9.17, 15) is 5.11 Å². The van der Waals surface area contributed by atoms with Gasteiger partial charge in [0, 0.05) is 30.9 Å². The van der Waals surface area contributed by atoms with Crippen molar-refractivity contribution in [1.82, 2.24) is 4.98 Å². The van der Waals surface area contributed by atoms with Gasteiger partial charge in [0.15, 0.2) is 0 Å². The molecule has 0 amide bonds. The Kier molecular flexibility index (Phi) is 8.18. The first kappa shape index (κ1) is 16.9. The molecule has 20 heavy (non-hydrogen) atoms. The van der Waals surface area contributed by atoms with Crippen LogP contribution in [0.3, 0.4) is 0 Å². The fraction of sp³-hybridized carbons (Fsp3) is 0.667. The Morgan fingerprint density at radius 3 is 2.35 bits per heavy atom. The van der Waals surface area contributed by atoms with Crippen LogP contribution in [0, 0.1) is 12.8 Å². The average molecular weight is 283 g/mol. The molecule has 0 aliphatic heterocycles. The number of pyridine rings is 1. The maximum atomic E-state index is 9.19. The zero-order chi connectivity index (χ0) is 14.8. The summed E-state index contributed by atoms with van der Waals surface area (Å²) in [6.45, 7) is 8.89. The van der Waals surface area contributed by atoms with E-state index in [1.165, 1.54) is 0 Å². The maximum absolute atomic E-state index is 9.19. The third-order valence-electron chi connectivity index (χ3n) is 3.00. The standard InChI is InChI=1S/C15H25NO4/c1-4-18-9-13(10-19-5-2)11-20-15-6-7-16-14(8-17)12(15)3/h6-7,13,17H,4-5,8-11H2,1-3H3. The molecule has 114 valence electrons. The first-order chi connectivity index (χ1) is 9.72. The topological polar surface area (TPSA) is 60.8 Å². The fourth-order valence-corrected chi connectivity index (χ4v) is 1.80. The van der Waals surface area contributed by atoms with Crippen LogP contribution in [-0.2, 0) is 16.1 Å². The van der Waals surface area contributed by atoms with Crippen LogP contribution in [0.1, 0.15) is 25.1 Å². The molecule has 1 aromatic heterocycles. The summed E-state index contributed by atoms with van der Waals surface area (Å²) >= 11 is 0. The van der Waals surface area contributed by atoms with Gasteiger partial charge in [0.1, 0.15) is 5.75 Å². The van der Waals surface area contributed by atoms with Crippen molar-refractivity contribution in [2.45, 2.75) is 27.4 Å². The molecule has 0 saturated heterocycles. The van der Waals surface area contributed by atoms with Gasteiger partial charge in [0.25, 0.3) is 0 Å². The average Bonchev–Trinajstić information content (AvgIpc) is 2.47. The van der Waals surface area contributed by atoms with Crippen LogP contribution in [0.2, 0.25) is 0 Å². The van der Waals surface area contributed by atoms with Crippen molar-refractivity contribution < 1.29 is 19.3 Å². The van der Waals surface area contributed by atoms with E-state index in [-0.39, 0.29) is 12.5 Å². The Morgan fingerprint density at radius 1 is 1.15 bits per heavy atom. The molecule has 0 spiro atoms. The molecule has 5 heteroatoms. The van der Waals surface area contributed by atoms with Gasteiger partial charge in [-0.25, -0.2) is 0 Å². The van der Waals surface area contributed by atoms with Crippen molar-refractivity contribution in [3.8, 4) is 5.75 Å². The van der Waals surface area contributed by atoms with Gasteiger partial charge in [-0.15, -0.1) is 0 Å².